The predicted octanol–water partition coefficient (Wildman–Crippen LogP) is 1.86. The van der Waals surface area contributed by atoms with Crippen LogP contribution in [-0.2, 0) is 0 Å². The summed E-state index contributed by atoms with van der Waals surface area (Å²) in [6.45, 7) is 9.41. The van der Waals surface area contributed by atoms with Crippen molar-refractivity contribution >= 4 is 0 Å². The molecule has 78 valence electrons. The summed E-state index contributed by atoms with van der Waals surface area (Å²) in [5.74, 6) is 0. The van der Waals surface area contributed by atoms with Crippen LogP contribution in [0.3, 0.4) is 0 Å². The number of likely N-dealkylation sites (tertiary alicyclic amines) is 1. The Bertz CT molecular complexity index is 149. The summed E-state index contributed by atoms with van der Waals surface area (Å²) in [5.41, 5.74) is 0.333. The minimum atomic E-state index is 0.333. The summed E-state index contributed by atoms with van der Waals surface area (Å²) in [4.78, 5) is 2.60. The molecule has 1 heterocycles. The van der Waals surface area contributed by atoms with Gasteiger partial charge in [-0.1, -0.05) is 6.42 Å². The van der Waals surface area contributed by atoms with Gasteiger partial charge in [0.1, 0.15) is 0 Å². The van der Waals surface area contributed by atoms with E-state index < -0.39 is 0 Å². The maximum Gasteiger partial charge on any atom is 0.0192 e. The number of hydrogen-bond donors (Lipinski definition) is 1. The van der Waals surface area contributed by atoms with Crippen molar-refractivity contribution in [3.05, 3.63) is 0 Å². The molecule has 1 fully saturated rings. The zero-order chi connectivity index (χ0) is 9.90. The number of likely N-dealkylation sites (N-methyl/N-ethyl adjacent to an activating group) is 1. The van der Waals surface area contributed by atoms with Crippen LogP contribution in [0.5, 0.6) is 0 Å². The maximum atomic E-state index is 3.40. The van der Waals surface area contributed by atoms with E-state index >= 15 is 0 Å². The average Bonchev–Trinajstić information content (AvgIpc) is 2.27. The summed E-state index contributed by atoms with van der Waals surface area (Å²) in [5, 5.41) is 3.40. The highest BCUT2D eigenvalue weighted by molar-refractivity contribution is 4.83. The van der Waals surface area contributed by atoms with Gasteiger partial charge >= 0.3 is 0 Å². The second-order valence-corrected chi connectivity index (χ2v) is 5.10. The molecule has 0 aromatic heterocycles. The van der Waals surface area contributed by atoms with Crippen LogP contribution >= 0.6 is 0 Å². The first-order chi connectivity index (χ1) is 6.04. The number of rotatable bonds is 1. The Balaban J connectivity index is 2.54. The van der Waals surface area contributed by atoms with Gasteiger partial charge in [0.05, 0.1) is 0 Å². The largest absolute Gasteiger partial charge is 0.316 e. The Morgan fingerprint density at radius 1 is 1.23 bits per heavy atom. The molecule has 1 aliphatic rings. The molecule has 1 rings (SSSR count). The topological polar surface area (TPSA) is 15.3 Å². The molecule has 0 aromatic carbocycles. The van der Waals surface area contributed by atoms with Crippen LogP contribution in [0.2, 0.25) is 0 Å². The van der Waals surface area contributed by atoms with Crippen molar-refractivity contribution < 1.29 is 0 Å². The standard InChI is InChI=1S/C11H24N2/c1-11(2,3)13-8-6-5-7-10(9-13)12-4/h10,12H,5-9H2,1-4H3. The van der Waals surface area contributed by atoms with E-state index in [1.807, 2.05) is 0 Å². The monoisotopic (exact) mass is 184 g/mol. The van der Waals surface area contributed by atoms with E-state index in [0.29, 0.717) is 11.6 Å². The highest BCUT2D eigenvalue weighted by Gasteiger charge is 2.25. The Labute approximate surface area is 82.7 Å². The van der Waals surface area contributed by atoms with E-state index in [9.17, 15) is 0 Å². The first kappa shape index (κ1) is 11.0. The van der Waals surface area contributed by atoms with E-state index in [0.717, 1.165) is 0 Å². The van der Waals surface area contributed by atoms with Crippen LogP contribution in [0.25, 0.3) is 0 Å². The molecule has 0 radical (unpaired) electrons. The lowest BCUT2D eigenvalue weighted by Gasteiger charge is -2.36. The fraction of sp³-hybridized carbons (Fsp3) is 1.00. The van der Waals surface area contributed by atoms with E-state index in [1.54, 1.807) is 0 Å². The normalized spacial score (nSPS) is 27.2. The van der Waals surface area contributed by atoms with E-state index in [-0.39, 0.29) is 0 Å². The molecule has 2 nitrogen and oxygen atoms in total. The van der Waals surface area contributed by atoms with Crippen molar-refractivity contribution in [1.29, 1.82) is 0 Å². The van der Waals surface area contributed by atoms with Crippen molar-refractivity contribution in [2.24, 2.45) is 0 Å². The molecule has 0 bridgehead atoms. The van der Waals surface area contributed by atoms with E-state index in [4.69, 9.17) is 0 Å². The highest BCUT2D eigenvalue weighted by Crippen LogP contribution is 2.19. The third kappa shape index (κ3) is 3.28. The molecule has 13 heavy (non-hydrogen) atoms. The molecule has 1 saturated heterocycles. The van der Waals surface area contributed by atoms with Crippen LogP contribution in [0.4, 0.5) is 0 Å². The van der Waals surface area contributed by atoms with Gasteiger partial charge in [-0.2, -0.15) is 0 Å². The summed E-state index contributed by atoms with van der Waals surface area (Å²) >= 11 is 0. The molecule has 0 saturated carbocycles. The van der Waals surface area contributed by atoms with Gasteiger partial charge in [0, 0.05) is 18.1 Å². The lowest BCUT2D eigenvalue weighted by atomic mass is 10.1. The van der Waals surface area contributed by atoms with Crippen molar-refractivity contribution in [3.8, 4) is 0 Å². The second-order valence-electron chi connectivity index (χ2n) is 5.10. The minimum Gasteiger partial charge on any atom is -0.316 e. The second kappa shape index (κ2) is 4.43. The Morgan fingerprint density at radius 2 is 1.92 bits per heavy atom. The van der Waals surface area contributed by atoms with Gasteiger partial charge in [0.15, 0.2) is 0 Å². The van der Waals surface area contributed by atoms with Crippen LogP contribution < -0.4 is 5.32 Å². The van der Waals surface area contributed by atoms with Gasteiger partial charge in [-0.15, -0.1) is 0 Å². The van der Waals surface area contributed by atoms with Crippen LogP contribution in [0, 0.1) is 0 Å². The Morgan fingerprint density at radius 3 is 2.46 bits per heavy atom. The Hall–Kier alpha value is -0.0800. The van der Waals surface area contributed by atoms with Crippen molar-refractivity contribution in [2.75, 3.05) is 20.1 Å². The average molecular weight is 184 g/mol. The molecule has 1 unspecified atom stereocenters. The van der Waals surface area contributed by atoms with Gasteiger partial charge in [-0.25, -0.2) is 0 Å². The Kier molecular flexibility index (Phi) is 3.74. The summed E-state index contributed by atoms with van der Waals surface area (Å²) in [6, 6.07) is 0.696. The van der Waals surface area contributed by atoms with Gasteiger partial charge in [-0.05, 0) is 47.2 Å². The molecule has 2 heteroatoms. The summed E-state index contributed by atoms with van der Waals surface area (Å²) in [7, 11) is 2.08. The SMILES string of the molecule is CNC1CCCCN(C(C)(C)C)C1. The third-order valence-corrected chi connectivity index (χ3v) is 3.03. The molecule has 0 amide bonds. The molecular formula is C11H24N2. The fourth-order valence-corrected chi connectivity index (χ4v) is 1.99. The van der Waals surface area contributed by atoms with Gasteiger partial charge in [0.25, 0.3) is 0 Å². The molecule has 0 spiro atoms. The minimum absolute atomic E-state index is 0.333. The zero-order valence-corrected chi connectivity index (χ0v) is 9.56. The van der Waals surface area contributed by atoms with Crippen molar-refractivity contribution in [2.45, 2.75) is 51.6 Å². The first-order valence-electron chi connectivity index (χ1n) is 5.46. The third-order valence-electron chi connectivity index (χ3n) is 3.03. The summed E-state index contributed by atoms with van der Waals surface area (Å²) < 4.78 is 0. The quantitative estimate of drug-likeness (QED) is 0.669. The molecule has 0 aliphatic carbocycles. The number of nitrogens with one attached hydrogen (secondary N) is 1. The van der Waals surface area contributed by atoms with Crippen LogP contribution in [-0.4, -0.2) is 36.6 Å². The number of hydrogen-bond acceptors (Lipinski definition) is 2. The lowest BCUT2D eigenvalue weighted by molar-refractivity contribution is 0.132. The first-order valence-corrected chi connectivity index (χ1v) is 5.46. The zero-order valence-electron chi connectivity index (χ0n) is 9.56. The predicted molar refractivity (Wildman–Crippen MR) is 58.0 cm³/mol. The van der Waals surface area contributed by atoms with Gasteiger partial charge in [0.2, 0.25) is 0 Å². The lowest BCUT2D eigenvalue weighted by Crippen LogP contribution is -2.47. The van der Waals surface area contributed by atoms with Crippen LogP contribution in [0.1, 0.15) is 40.0 Å². The molecule has 1 aliphatic heterocycles. The van der Waals surface area contributed by atoms with E-state index in [2.05, 4.69) is 38.0 Å². The van der Waals surface area contributed by atoms with Crippen molar-refractivity contribution in [3.63, 3.8) is 0 Å². The summed E-state index contributed by atoms with van der Waals surface area (Å²) in [6.07, 6.45) is 4.07. The number of nitrogens with zero attached hydrogens (tertiary/aromatic N) is 1. The molecule has 1 N–H and O–H groups in total. The fourth-order valence-electron chi connectivity index (χ4n) is 1.99. The molecule has 0 aromatic rings. The van der Waals surface area contributed by atoms with Gasteiger partial charge < -0.3 is 5.32 Å². The van der Waals surface area contributed by atoms with Gasteiger partial charge in [-0.3, -0.25) is 4.90 Å². The molecular weight excluding hydrogens is 160 g/mol. The molecule has 1 atom stereocenters. The highest BCUT2D eigenvalue weighted by atomic mass is 15.2. The maximum absolute atomic E-state index is 3.40. The van der Waals surface area contributed by atoms with Crippen molar-refractivity contribution in [1.82, 2.24) is 10.2 Å². The smallest absolute Gasteiger partial charge is 0.0192 e. The van der Waals surface area contributed by atoms with Crippen LogP contribution in [0.15, 0.2) is 0 Å². The van der Waals surface area contributed by atoms with E-state index in [1.165, 1.54) is 32.4 Å².